The third-order valence-electron chi connectivity index (χ3n) is 4.99. The van der Waals surface area contributed by atoms with Gasteiger partial charge in [-0.1, -0.05) is 49.2 Å². The summed E-state index contributed by atoms with van der Waals surface area (Å²) in [7, 11) is 0. The van der Waals surface area contributed by atoms with Gasteiger partial charge < -0.3 is 15.3 Å². The smallest absolute Gasteiger partial charge is 0.325 e. The SMILES string of the molecule is CCCCN(Cc1ccc(C(=O)NC(C)C(=O)O)cc1)c1nc(-c2ccc(Cl)cc2)cs1. The number of nitrogens with zero attached hydrogens (tertiary/aromatic N) is 2. The van der Waals surface area contributed by atoms with Crippen molar-refractivity contribution in [3.8, 4) is 11.3 Å². The summed E-state index contributed by atoms with van der Waals surface area (Å²) < 4.78 is 0. The number of hydrogen-bond acceptors (Lipinski definition) is 5. The number of aliphatic carboxylic acids is 1. The molecule has 0 bridgehead atoms. The number of nitrogens with one attached hydrogen (secondary N) is 1. The van der Waals surface area contributed by atoms with Crippen LogP contribution in [-0.2, 0) is 11.3 Å². The molecule has 0 aliphatic heterocycles. The van der Waals surface area contributed by atoms with Gasteiger partial charge in [-0.3, -0.25) is 9.59 Å². The van der Waals surface area contributed by atoms with Crippen molar-refractivity contribution in [1.82, 2.24) is 10.3 Å². The summed E-state index contributed by atoms with van der Waals surface area (Å²) in [6, 6.07) is 13.9. The number of carbonyl (C=O) groups excluding carboxylic acids is 1. The number of carbonyl (C=O) groups is 2. The number of thiazole rings is 1. The average molecular weight is 472 g/mol. The van der Waals surface area contributed by atoms with E-state index in [1.54, 1.807) is 23.5 Å². The van der Waals surface area contributed by atoms with Gasteiger partial charge in [0.2, 0.25) is 0 Å². The second-order valence-electron chi connectivity index (χ2n) is 7.53. The molecule has 2 aromatic carbocycles. The lowest BCUT2D eigenvalue weighted by Gasteiger charge is -2.22. The molecule has 2 N–H and O–H groups in total. The fourth-order valence-corrected chi connectivity index (χ4v) is 4.07. The van der Waals surface area contributed by atoms with Crippen molar-refractivity contribution < 1.29 is 14.7 Å². The van der Waals surface area contributed by atoms with Gasteiger partial charge in [-0.15, -0.1) is 11.3 Å². The van der Waals surface area contributed by atoms with Gasteiger partial charge in [0.05, 0.1) is 5.69 Å². The van der Waals surface area contributed by atoms with Crippen LogP contribution in [0.4, 0.5) is 5.13 Å². The van der Waals surface area contributed by atoms with E-state index in [9.17, 15) is 9.59 Å². The van der Waals surface area contributed by atoms with E-state index >= 15 is 0 Å². The van der Waals surface area contributed by atoms with Crippen molar-refractivity contribution in [1.29, 1.82) is 0 Å². The second-order valence-corrected chi connectivity index (χ2v) is 8.80. The Labute approximate surface area is 196 Å². The first-order chi connectivity index (χ1) is 15.4. The zero-order valence-corrected chi connectivity index (χ0v) is 19.6. The normalized spacial score (nSPS) is 11.7. The number of rotatable bonds is 10. The van der Waals surface area contributed by atoms with Crippen LogP contribution >= 0.6 is 22.9 Å². The molecule has 0 saturated heterocycles. The van der Waals surface area contributed by atoms with E-state index in [1.807, 2.05) is 36.4 Å². The van der Waals surface area contributed by atoms with Crippen molar-refractivity contribution >= 4 is 39.9 Å². The van der Waals surface area contributed by atoms with Crippen LogP contribution in [0, 0.1) is 0 Å². The summed E-state index contributed by atoms with van der Waals surface area (Å²) in [4.78, 5) is 30.2. The zero-order valence-electron chi connectivity index (χ0n) is 18.0. The van der Waals surface area contributed by atoms with Gasteiger partial charge in [-0.2, -0.15) is 0 Å². The van der Waals surface area contributed by atoms with Crippen LogP contribution in [0.25, 0.3) is 11.3 Å². The predicted molar refractivity (Wildman–Crippen MR) is 130 cm³/mol. The Hall–Kier alpha value is -2.90. The molecule has 0 saturated carbocycles. The number of anilines is 1. The molecular formula is C24H26ClN3O3S. The molecule has 1 heterocycles. The number of amides is 1. The lowest BCUT2D eigenvalue weighted by atomic mass is 10.1. The van der Waals surface area contributed by atoms with Gasteiger partial charge in [0, 0.05) is 34.6 Å². The van der Waals surface area contributed by atoms with Crippen molar-refractivity contribution in [2.24, 2.45) is 0 Å². The molecule has 168 valence electrons. The zero-order chi connectivity index (χ0) is 23.1. The van der Waals surface area contributed by atoms with E-state index < -0.39 is 17.9 Å². The number of halogens is 1. The number of aromatic nitrogens is 1. The minimum absolute atomic E-state index is 0.401. The van der Waals surface area contributed by atoms with Crippen molar-refractivity contribution in [2.75, 3.05) is 11.4 Å². The van der Waals surface area contributed by atoms with Crippen molar-refractivity contribution in [3.63, 3.8) is 0 Å². The fourth-order valence-electron chi connectivity index (χ4n) is 3.08. The number of carboxylic acid groups (broad SMARTS) is 1. The predicted octanol–water partition coefficient (Wildman–Crippen LogP) is 5.47. The van der Waals surface area contributed by atoms with Gasteiger partial charge in [-0.25, -0.2) is 4.98 Å². The van der Waals surface area contributed by atoms with Crippen LogP contribution < -0.4 is 10.2 Å². The van der Waals surface area contributed by atoms with Crippen LogP contribution in [0.1, 0.15) is 42.6 Å². The molecule has 3 rings (SSSR count). The van der Waals surface area contributed by atoms with Crippen LogP contribution in [0.2, 0.25) is 5.02 Å². The van der Waals surface area contributed by atoms with Crippen molar-refractivity contribution in [3.05, 3.63) is 70.1 Å². The second kappa shape index (κ2) is 11.1. The first-order valence-electron chi connectivity index (χ1n) is 10.5. The summed E-state index contributed by atoms with van der Waals surface area (Å²) in [5.41, 5.74) is 3.43. The number of unbranched alkanes of at least 4 members (excludes halogenated alkanes) is 1. The molecule has 32 heavy (non-hydrogen) atoms. The van der Waals surface area contributed by atoms with E-state index in [-0.39, 0.29) is 0 Å². The molecule has 0 aliphatic rings. The molecule has 1 atom stereocenters. The van der Waals surface area contributed by atoms with Gasteiger partial charge in [-0.05, 0) is 43.2 Å². The minimum atomic E-state index is -1.07. The summed E-state index contributed by atoms with van der Waals surface area (Å²) in [6.07, 6.45) is 2.12. The fraction of sp³-hybridized carbons (Fsp3) is 0.292. The highest BCUT2D eigenvalue weighted by Gasteiger charge is 2.16. The van der Waals surface area contributed by atoms with E-state index in [2.05, 4.69) is 22.5 Å². The molecule has 0 spiro atoms. The summed E-state index contributed by atoms with van der Waals surface area (Å²) >= 11 is 7.60. The highest BCUT2D eigenvalue weighted by atomic mass is 35.5. The topological polar surface area (TPSA) is 82.5 Å². The Bertz CT molecular complexity index is 1050. The molecule has 3 aromatic rings. The molecule has 1 amide bonds. The quantitative estimate of drug-likeness (QED) is 0.409. The molecule has 0 fully saturated rings. The number of benzene rings is 2. The molecule has 1 unspecified atom stereocenters. The van der Waals surface area contributed by atoms with Crippen molar-refractivity contribution in [2.45, 2.75) is 39.3 Å². The van der Waals surface area contributed by atoms with E-state index in [1.165, 1.54) is 6.92 Å². The maximum absolute atomic E-state index is 12.2. The molecular weight excluding hydrogens is 446 g/mol. The molecule has 0 aliphatic carbocycles. The first kappa shape index (κ1) is 23.8. The van der Waals surface area contributed by atoms with Gasteiger partial charge >= 0.3 is 5.97 Å². The highest BCUT2D eigenvalue weighted by molar-refractivity contribution is 7.14. The highest BCUT2D eigenvalue weighted by Crippen LogP contribution is 2.29. The van der Waals surface area contributed by atoms with Crippen LogP contribution in [0.5, 0.6) is 0 Å². The lowest BCUT2D eigenvalue weighted by Crippen LogP contribution is -2.38. The van der Waals surface area contributed by atoms with E-state index in [4.69, 9.17) is 21.7 Å². The van der Waals surface area contributed by atoms with Gasteiger partial charge in [0.15, 0.2) is 5.13 Å². The van der Waals surface area contributed by atoms with Gasteiger partial charge in [0.1, 0.15) is 6.04 Å². The maximum Gasteiger partial charge on any atom is 0.325 e. The Morgan fingerprint density at radius 3 is 2.47 bits per heavy atom. The molecule has 1 aromatic heterocycles. The lowest BCUT2D eigenvalue weighted by molar-refractivity contribution is -0.138. The molecule has 6 nitrogen and oxygen atoms in total. The summed E-state index contributed by atoms with van der Waals surface area (Å²) in [5, 5.41) is 15.1. The Morgan fingerprint density at radius 2 is 1.84 bits per heavy atom. The van der Waals surface area contributed by atoms with Crippen LogP contribution in [-0.4, -0.2) is 34.6 Å². The molecule has 0 radical (unpaired) electrons. The Balaban J connectivity index is 1.72. The first-order valence-corrected chi connectivity index (χ1v) is 11.7. The third kappa shape index (κ3) is 6.31. The van der Waals surface area contributed by atoms with E-state index in [0.29, 0.717) is 17.1 Å². The van der Waals surface area contributed by atoms with E-state index in [0.717, 1.165) is 41.3 Å². The van der Waals surface area contributed by atoms with Crippen LogP contribution in [0.3, 0.4) is 0 Å². The summed E-state index contributed by atoms with van der Waals surface area (Å²) in [5.74, 6) is -1.47. The van der Waals surface area contributed by atoms with Gasteiger partial charge in [0.25, 0.3) is 5.91 Å². The Kier molecular flexibility index (Phi) is 8.25. The maximum atomic E-state index is 12.2. The van der Waals surface area contributed by atoms with Crippen LogP contribution in [0.15, 0.2) is 53.9 Å². The number of hydrogen-bond donors (Lipinski definition) is 2. The monoisotopic (exact) mass is 471 g/mol. The molecule has 8 heteroatoms. The number of carboxylic acids is 1. The standard InChI is InChI=1S/C24H26ClN3O3S/c1-3-4-13-28(24-27-21(15-32-24)18-9-11-20(25)12-10-18)14-17-5-7-19(8-6-17)22(29)26-16(2)23(30)31/h5-12,15-16H,3-4,13-14H2,1-2H3,(H,26,29)(H,30,31). The minimum Gasteiger partial charge on any atom is -0.480 e. The average Bonchev–Trinajstić information content (AvgIpc) is 3.27. The third-order valence-corrected chi connectivity index (χ3v) is 6.15. The largest absolute Gasteiger partial charge is 0.480 e. The summed E-state index contributed by atoms with van der Waals surface area (Å²) in [6.45, 7) is 5.14. The Morgan fingerprint density at radius 1 is 1.16 bits per heavy atom.